The molecule has 0 bridgehead atoms. The van der Waals surface area contributed by atoms with E-state index < -0.39 is 0 Å². The van der Waals surface area contributed by atoms with E-state index in [1.807, 2.05) is 30.5 Å². The first-order chi connectivity index (χ1) is 18.7. The average Bonchev–Trinajstić information content (AvgIpc) is 3.62. The summed E-state index contributed by atoms with van der Waals surface area (Å²) in [4.78, 5) is 9.91. The zero-order valence-electron chi connectivity index (χ0n) is 21.7. The van der Waals surface area contributed by atoms with E-state index in [1.54, 1.807) is 14.2 Å². The van der Waals surface area contributed by atoms with E-state index in [0.717, 1.165) is 47.7 Å². The molecule has 6 nitrogen and oxygen atoms in total. The molecule has 0 saturated carbocycles. The average molecular weight is 506 g/mol. The summed E-state index contributed by atoms with van der Waals surface area (Å²) in [5.74, 6) is 2.46. The second-order valence-corrected chi connectivity index (χ2v) is 10.1. The lowest BCUT2D eigenvalue weighted by atomic mass is 9.81. The van der Waals surface area contributed by atoms with Crippen LogP contribution in [-0.4, -0.2) is 35.6 Å². The quantitative estimate of drug-likeness (QED) is 0.283. The van der Waals surface area contributed by atoms with Crippen molar-refractivity contribution in [3.63, 3.8) is 0 Å². The molecule has 4 heterocycles. The van der Waals surface area contributed by atoms with Gasteiger partial charge in [0.15, 0.2) is 11.5 Å². The molecule has 5 aromatic rings. The standard InChI is InChI=1S/C32H31N3O3/c1-36-22-10-11-26-24(16-22)25-17-28-23-18-30(38-19-20-7-4-3-5-8-20)29(37-2)15-21(23)12-14-35(28)32(31(25)34-26)27-9-6-13-33-27/h3-11,13,15-16,18,28,32-34H,12,14,17,19H2,1-2H3. The number of methoxy groups -OCH3 is 2. The number of fused-ring (bicyclic) bond motifs is 6. The second kappa shape index (κ2) is 9.30. The maximum Gasteiger partial charge on any atom is 0.162 e. The molecular weight excluding hydrogens is 474 g/mol. The highest BCUT2D eigenvalue weighted by Gasteiger charge is 2.41. The van der Waals surface area contributed by atoms with Gasteiger partial charge in [-0.2, -0.15) is 0 Å². The molecule has 7 rings (SSSR count). The Morgan fingerprint density at radius 2 is 1.82 bits per heavy atom. The molecule has 2 N–H and O–H groups in total. The van der Waals surface area contributed by atoms with Crippen LogP contribution in [-0.2, 0) is 19.4 Å². The van der Waals surface area contributed by atoms with Crippen LogP contribution in [0.5, 0.6) is 17.2 Å². The Bertz CT molecular complexity index is 1590. The van der Waals surface area contributed by atoms with Gasteiger partial charge in [0.1, 0.15) is 12.4 Å². The third-order valence-electron chi connectivity index (χ3n) is 8.13. The van der Waals surface area contributed by atoms with Gasteiger partial charge in [-0.15, -0.1) is 0 Å². The lowest BCUT2D eigenvalue weighted by Gasteiger charge is -2.45. The van der Waals surface area contributed by atoms with Crippen LogP contribution in [0.25, 0.3) is 10.9 Å². The van der Waals surface area contributed by atoms with Crippen molar-refractivity contribution < 1.29 is 14.2 Å². The largest absolute Gasteiger partial charge is 0.497 e. The number of aromatic amines is 2. The SMILES string of the molecule is COc1ccc2[nH]c3c(c2c1)CC1c2cc(OCc4ccccc4)c(OC)cc2CCN1C3c1ccc[nH]1. The van der Waals surface area contributed by atoms with Crippen LogP contribution < -0.4 is 14.2 Å². The number of nitrogens with one attached hydrogen (secondary N) is 2. The predicted octanol–water partition coefficient (Wildman–Crippen LogP) is 6.34. The van der Waals surface area contributed by atoms with Crippen LogP contribution in [0.1, 0.15) is 45.7 Å². The molecule has 192 valence electrons. The summed E-state index contributed by atoms with van der Waals surface area (Å²) in [5.41, 5.74) is 8.76. The number of hydrogen-bond acceptors (Lipinski definition) is 4. The Morgan fingerprint density at radius 3 is 2.61 bits per heavy atom. The number of H-pyrrole nitrogens is 2. The van der Waals surface area contributed by atoms with E-state index in [1.165, 1.54) is 33.5 Å². The summed E-state index contributed by atoms with van der Waals surface area (Å²) >= 11 is 0. The van der Waals surface area contributed by atoms with Crippen molar-refractivity contribution >= 4 is 10.9 Å². The Morgan fingerprint density at radius 1 is 0.921 bits per heavy atom. The number of hydrogen-bond donors (Lipinski definition) is 2. The van der Waals surface area contributed by atoms with E-state index in [4.69, 9.17) is 14.2 Å². The smallest absolute Gasteiger partial charge is 0.162 e. The van der Waals surface area contributed by atoms with Gasteiger partial charge in [0.05, 0.1) is 20.3 Å². The molecule has 3 aromatic carbocycles. The van der Waals surface area contributed by atoms with Crippen molar-refractivity contribution in [2.45, 2.75) is 31.5 Å². The third kappa shape index (κ3) is 3.75. The van der Waals surface area contributed by atoms with Crippen molar-refractivity contribution in [2.75, 3.05) is 20.8 Å². The summed E-state index contributed by atoms with van der Waals surface area (Å²) in [5, 5.41) is 1.23. The minimum Gasteiger partial charge on any atom is -0.497 e. The first kappa shape index (κ1) is 23.0. The molecule has 0 saturated heterocycles. The molecule has 0 aliphatic carbocycles. The van der Waals surface area contributed by atoms with Crippen LogP contribution in [0, 0.1) is 0 Å². The predicted molar refractivity (Wildman–Crippen MR) is 148 cm³/mol. The zero-order chi connectivity index (χ0) is 25.6. The van der Waals surface area contributed by atoms with E-state index in [-0.39, 0.29) is 12.1 Å². The Balaban J connectivity index is 1.34. The first-order valence-electron chi connectivity index (χ1n) is 13.2. The molecule has 2 aromatic heterocycles. The fraction of sp³-hybridized carbons (Fsp3) is 0.250. The van der Waals surface area contributed by atoms with Crippen molar-refractivity contribution in [3.05, 3.63) is 113 Å². The van der Waals surface area contributed by atoms with Crippen LogP contribution in [0.4, 0.5) is 0 Å². The van der Waals surface area contributed by atoms with Crippen molar-refractivity contribution in [3.8, 4) is 17.2 Å². The van der Waals surface area contributed by atoms with Crippen molar-refractivity contribution in [2.24, 2.45) is 0 Å². The van der Waals surface area contributed by atoms with E-state index in [2.05, 4.69) is 63.4 Å². The van der Waals surface area contributed by atoms with Gasteiger partial charge in [0, 0.05) is 41.1 Å². The van der Waals surface area contributed by atoms with Gasteiger partial charge in [-0.1, -0.05) is 30.3 Å². The van der Waals surface area contributed by atoms with E-state index in [0.29, 0.717) is 6.61 Å². The molecule has 2 atom stereocenters. The number of nitrogens with zero attached hydrogens (tertiary/aromatic N) is 1. The highest BCUT2D eigenvalue weighted by Crippen LogP contribution is 2.49. The Kier molecular flexibility index (Phi) is 5.63. The van der Waals surface area contributed by atoms with Gasteiger partial charge in [0.25, 0.3) is 0 Å². The Labute approximate surface area is 222 Å². The molecule has 0 radical (unpaired) electrons. The monoisotopic (exact) mass is 505 g/mol. The fourth-order valence-corrected chi connectivity index (χ4v) is 6.31. The fourth-order valence-electron chi connectivity index (χ4n) is 6.31. The van der Waals surface area contributed by atoms with Crippen LogP contribution in [0.15, 0.2) is 79.0 Å². The first-order valence-corrected chi connectivity index (χ1v) is 13.2. The molecule has 2 aliphatic heterocycles. The molecule has 38 heavy (non-hydrogen) atoms. The van der Waals surface area contributed by atoms with Gasteiger partial charge in [-0.05, 0) is 77.6 Å². The maximum absolute atomic E-state index is 6.34. The molecule has 0 fully saturated rings. The normalized spacial score (nSPS) is 18.5. The number of rotatable bonds is 6. The summed E-state index contributed by atoms with van der Waals surface area (Å²) in [6, 6.07) is 25.6. The van der Waals surface area contributed by atoms with Gasteiger partial charge in [0.2, 0.25) is 0 Å². The summed E-state index contributed by atoms with van der Waals surface area (Å²) in [7, 11) is 3.45. The number of benzene rings is 3. The molecule has 0 amide bonds. The lowest BCUT2D eigenvalue weighted by molar-refractivity contribution is 0.125. The van der Waals surface area contributed by atoms with Crippen molar-refractivity contribution in [1.29, 1.82) is 0 Å². The highest BCUT2D eigenvalue weighted by molar-refractivity contribution is 5.87. The number of ether oxygens (including phenoxy) is 3. The van der Waals surface area contributed by atoms with E-state index >= 15 is 0 Å². The lowest BCUT2D eigenvalue weighted by Crippen LogP contribution is -2.43. The molecule has 6 heteroatoms. The molecule has 2 unspecified atom stereocenters. The summed E-state index contributed by atoms with van der Waals surface area (Å²) < 4.78 is 17.7. The topological polar surface area (TPSA) is 62.5 Å². The molecule has 2 aliphatic rings. The molecule has 0 spiro atoms. The van der Waals surface area contributed by atoms with E-state index in [9.17, 15) is 0 Å². The van der Waals surface area contributed by atoms with Crippen LogP contribution in [0.3, 0.4) is 0 Å². The Hall–Kier alpha value is -4.16. The highest BCUT2D eigenvalue weighted by atomic mass is 16.5. The maximum atomic E-state index is 6.34. The zero-order valence-corrected chi connectivity index (χ0v) is 21.7. The third-order valence-corrected chi connectivity index (χ3v) is 8.13. The van der Waals surface area contributed by atoms with Crippen molar-refractivity contribution in [1.82, 2.24) is 14.9 Å². The number of aromatic nitrogens is 2. The molecular formula is C32H31N3O3. The summed E-state index contributed by atoms with van der Waals surface area (Å²) in [6.07, 6.45) is 3.89. The minimum absolute atomic E-state index is 0.112. The summed E-state index contributed by atoms with van der Waals surface area (Å²) in [6.45, 7) is 1.47. The minimum atomic E-state index is 0.112. The van der Waals surface area contributed by atoms with Gasteiger partial charge >= 0.3 is 0 Å². The van der Waals surface area contributed by atoms with Gasteiger partial charge < -0.3 is 24.2 Å². The second-order valence-electron chi connectivity index (χ2n) is 10.1. The van der Waals surface area contributed by atoms with Crippen LogP contribution >= 0.6 is 0 Å². The van der Waals surface area contributed by atoms with Gasteiger partial charge in [-0.3, -0.25) is 4.90 Å². The van der Waals surface area contributed by atoms with Gasteiger partial charge in [-0.25, -0.2) is 0 Å². The van der Waals surface area contributed by atoms with Crippen LogP contribution in [0.2, 0.25) is 0 Å².